The van der Waals surface area contributed by atoms with E-state index >= 15 is 0 Å². The minimum atomic E-state index is -1.71. The van der Waals surface area contributed by atoms with Gasteiger partial charge >= 0.3 is 6.03 Å². The molecule has 2 atom stereocenters. The highest BCUT2D eigenvalue weighted by Gasteiger charge is 2.64. The Hall–Kier alpha value is -4.79. The lowest BCUT2D eigenvalue weighted by atomic mass is 9.65. The van der Waals surface area contributed by atoms with E-state index in [1.54, 1.807) is 18.3 Å². The van der Waals surface area contributed by atoms with Gasteiger partial charge in [0.05, 0.1) is 11.6 Å². The molecule has 4 aromatic rings. The maximum absolute atomic E-state index is 14.5. The highest BCUT2D eigenvalue weighted by Crippen LogP contribution is 2.52. The van der Waals surface area contributed by atoms with Crippen molar-refractivity contribution < 1.29 is 14.4 Å². The number of imide groups is 2. The predicted molar refractivity (Wildman–Crippen MR) is 143 cm³/mol. The number of rotatable bonds is 3. The zero-order valence-corrected chi connectivity index (χ0v) is 21.0. The third kappa shape index (κ3) is 3.35. The maximum atomic E-state index is 14.5. The maximum Gasteiger partial charge on any atom is 0.330 e. The summed E-state index contributed by atoms with van der Waals surface area (Å²) >= 11 is 0. The van der Waals surface area contributed by atoms with Gasteiger partial charge in [-0.3, -0.25) is 29.0 Å². The molecule has 1 N–H and O–H groups in total. The third-order valence-corrected chi connectivity index (χ3v) is 8.25. The van der Waals surface area contributed by atoms with E-state index in [4.69, 9.17) is 4.98 Å². The molecule has 0 bridgehead atoms. The van der Waals surface area contributed by atoms with E-state index in [2.05, 4.69) is 5.32 Å². The fourth-order valence-electron chi connectivity index (χ4n) is 6.40. The summed E-state index contributed by atoms with van der Waals surface area (Å²) in [6.07, 6.45) is 2.60. The van der Waals surface area contributed by atoms with E-state index in [1.165, 1.54) is 4.40 Å². The number of carbonyl (C=O) groups is 3. The SMILES string of the molecule is O=C1NC(=O)C2(Cc3c(nc4ccccn4c3=O)N3CCc4ccccc4C32)C(=O)N1CCc1ccccc1. The van der Waals surface area contributed by atoms with Crippen molar-refractivity contribution in [2.75, 3.05) is 18.0 Å². The average molecular weight is 520 g/mol. The lowest BCUT2D eigenvalue weighted by Gasteiger charge is -2.53. The number of fused-ring (bicyclic) bond motifs is 7. The molecule has 1 saturated heterocycles. The Labute approximate surface area is 223 Å². The second kappa shape index (κ2) is 8.62. The molecule has 5 heterocycles. The van der Waals surface area contributed by atoms with E-state index in [1.807, 2.05) is 65.6 Å². The molecular formula is C30H25N5O4. The van der Waals surface area contributed by atoms with Gasteiger partial charge in [0, 0.05) is 25.7 Å². The zero-order valence-electron chi connectivity index (χ0n) is 21.0. The van der Waals surface area contributed by atoms with Crippen molar-refractivity contribution in [1.82, 2.24) is 19.6 Å². The number of hydrogen-bond acceptors (Lipinski definition) is 6. The summed E-state index contributed by atoms with van der Waals surface area (Å²) in [7, 11) is 0. The Balaban J connectivity index is 1.42. The van der Waals surface area contributed by atoms with Crippen molar-refractivity contribution in [1.29, 1.82) is 0 Å². The van der Waals surface area contributed by atoms with Crippen LogP contribution in [0.2, 0.25) is 0 Å². The van der Waals surface area contributed by atoms with Gasteiger partial charge in [0.2, 0.25) is 11.8 Å². The number of amides is 4. The summed E-state index contributed by atoms with van der Waals surface area (Å²) in [6.45, 7) is 0.588. The first-order valence-corrected chi connectivity index (χ1v) is 13.0. The molecule has 194 valence electrons. The number of barbiturate groups is 1. The molecule has 1 fully saturated rings. The van der Waals surface area contributed by atoms with Gasteiger partial charge in [0.1, 0.15) is 11.5 Å². The fraction of sp³-hybridized carbons (Fsp3) is 0.233. The second-order valence-electron chi connectivity index (χ2n) is 10.3. The molecule has 39 heavy (non-hydrogen) atoms. The van der Waals surface area contributed by atoms with Crippen LogP contribution in [0.1, 0.15) is 28.3 Å². The number of carbonyl (C=O) groups excluding carboxylic acids is 3. The number of pyridine rings is 1. The zero-order chi connectivity index (χ0) is 26.7. The largest absolute Gasteiger partial charge is 0.347 e. The van der Waals surface area contributed by atoms with Gasteiger partial charge in [-0.25, -0.2) is 9.78 Å². The standard InChI is InChI=1S/C30H25N5O4/c36-26-22-18-30(27(37)32-29(39)35(28(30)38)16-13-19-8-2-1-3-9-19)24-21-11-5-4-10-20(21)14-17-34(24)25(22)31-23-12-6-7-15-33(23)26/h1-12,15,24H,13-14,16-18H2,(H,32,37,39). The lowest BCUT2D eigenvalue weighted by molar-refractivity contribution is -0.154. The molecule has 9 heteroatoms. The Kier molecular flexibility index (Phi) is 5.16. The normalized spacial score (nSPS) is 21.9. The summed E-state index contributed by atoms with van der Waals surface area (Å²) in [4.78, 5) is 63.1. The molecule has 9 nitrogen and oxygen atoms in total. The van der Waals surface area contributed by atoms with Crippen molar-refractivity contribution in [3.05, 3.63) is 112 Å². The molecule has 3 aliphatic rings. The average Bonchev–Trinajstić information content (AvgIpc) is 2.96. The van der Waals surface area contributed by atoms with Crippen LogP contribution in [0.3, 0.4) is 0 Å². The number of aromatic nitrogens is 2. The van der Waals surface area contributed by atoms with Crippen LogP contribution < -0.4 is 15.8 Å². The summed E-state index contributed by atoms with van der Waals surface area (Å²) < 4.78 is 1.44. The number of nitrogens with zero attached hydrogens (tertiary/aromatic N) is 4. The molecule has 1 spiro atoms. The van der Waals surface area contributed by atoms with E-state index in [0.717, 1.165) is 21.6 Å². The van der Waals surface area contributed by atoms with Crippen molar-refractivity contribution in [3.63, 3.8) is 0 Å². The first-order chi connectivity index (χ1) is 19.0. The quantitative estimate of drug-likeness (QED) is 0.418. The van der Waals surface area contributed by atoms with E-state index in [0.29, 0.717) is 36.4 Å². The van der Waals surface area contributed by atoms with E-state index < -0.39 is 29.3 Å². The van der Waals surface area contributed by atoms with Gasteiger partial charge in [-0.1, -0.05) is 60.7 Å². The van der Waals surface area contributed by atoms with Gasteiger partial charge in [-0.05, 0) is 41.7 Å². The van der Waals surface area contributed by atoms with E-state index in [9.17, 15) is 19.2 Å². The summed E-state index contributed by atoms with van der Waals surface area (Å²) in [5, 5.41) is 2.48. The first kappa shape index (κ1) is 23.3. The Morgan fingerprint density at radius 3 is 2.54 bits per heavy atom. The van der Waals surface area contributed by atoms with Gasteiger partial charge < -0.3 is 4.90 Å². The molecule has 2 aromatic carbocycles. The molecule has 7 rings (SSSR count). The topological polar surface area (TPSA) is 104 Å². The predicted octanol–water partition coefficient (Wildman–Crippen LogP) is 2.66. The van der Waals surface area contributed by atoms with Crippen molar-refractivity contribution in [2.45, 2.75) is 25.3 Å². The lowest BCUT2D eigenvalue weighted by Crippen LogP contribution is -2.70. The summed E-state index contributed by atoms with van der Waals surface area (Å²) in [6, 6.07) is 21.2. The third-order valence-electron chi connectivity index (χ3n) is 8.25. The van der Waals surface area contributed by atoms with Gasteiger partial charge in [0.25, 0.3) is 5.56 Å². The smallest absolute Gasteiger partial charge is 0.330 e. The number of hydrogen-bond donors (Lipinski definition) is 1. The Morgan fingerprint density at radius 2 is 1.69 bits per heavy atom. The van der Waals surface area contributed by atoms with Crippen LogP contribution in [0.15, 0.2) is 83.8 Å². The minimum Gasteiger partial charge on any atom is -0.347 e. The molecule has 4 amide bonds. The van der Waals surface area contributed by atoms with Crippen LogP contribution in [0.25, 0.3) is 5.65 Å². The van der Waals surface area contributed by atoms with Crippen molar-refractivity contribution >= 4 is 29.3 Å². The summed E-state index contributed by atoms with van der Waals surface area (Å²) in [5.74, 6) is -0.768. The number of urea groups is 1. The molecule has 0 radical (unpaired) electrons. The highest BCUT2D eigenvalue weighted by molar-refractivity contribution is 6.20. The Bertz CT molecular complexity index is 1730. The molecule has 0 aliphatic carbocycles. The highest BCUT2D eigenvalue weighted by atomic mass is 16.2. The first-order valence-electron chi connectivity index (χ1n) is 13.0. The Morgan fingerprint density at radius 1 is 0.923 bits per heavy atom. The van der Waals surface area contributed by atoms with Crippen molar-refractivity contribution in [2.24, 2.45) is 5.41 Å². The van der Waals surface area contributed by atoms with Crippen LogP contribution in [-0.2, 0) is 28.9 Å². The van der Waals surface area contributed by atoms with Crippen LogP contribution in [0, 0.1) is 5.41 Å². The van der Waals surface area contributed by atoms with Gasteiger partial charge in [-0.2, -0.15) is 0 Å². The molecule has 2 unspecified atom stereocenters. The van der Waals surface area contributed by atoms with Crippen LogP contribution in [0.5, 0.6) is 0 Å². The molecular weight excluding hydrogens is 494 g/mol. The number of benzene rings is 2. The van der Waals surface area contributed by atoms with Gasteiger partial charge in [-0.15, -0.1) is 0 Å². The molecule has 0 saturated carbocycles. The molecule has 2 aromatic heterocycles. The van der Waals surface area contributed by atoms with E-state index in [-0.39, 0.29) is 18.5 Å². The van der Waals surface area contributed by atoms with Crippen LogP contribution in [-0.4, -0.2) is 45.2 Å². The molecule has 3 aliphatic heterocycles. The minimum absolute atomic E-state index is 0.111. The fourth-order valence-corrected chi connectivity index (χ4v) is 6.40. The second-order valence-corrected chi connectivity index (χ2v) is 10.3. The summed E-state index contributed by atoms with van der Waals surface area (Å²) in [5.41, 5.74) is 1.61. The monoisotopic (exact) mass is 519 g/mol. The van der Waals surface area contributed by atoms with Crippen LogP contribution in [0.4, 0.5) is 10.6 Å². The van der Waals surface area contributed by atoms with Crippen LogP contribution >= 0.6 is 0 Å². The number of nitrogens with one attached hydrogen (secondary N) is 1. The number of anilines is 1. The van der Waals surface area contributed by atoms with Gasteiger partial charge in [0.15, 0.2) is 5.41 Å². The van der Waals surface area contributed by atoms with Crippen molar-refractivity contribution in [3.8, 4) is 0 Å².